The first-order valence-corrected chi connectivity index (χ1v) is 9.65. The number of piperidine rings is 1. The van der Waals surface area contributed by atoms with Gasteiger partial charge in [-0.25, -0.2) is 0 Å². The third kappa shape index (κ3) is 3.32. The van der Waals surface area contributed by atoms with Crippen molar-refractivity contribution in [1.29, 1.82) is 0 Å². The Labute approximate surface area is 161 Å². The molecule has 4 rings (SSSR count). The molecular formula is C21H29N3O3. The largest absolute Gasteiger partial charge is 0.493 e. The van der Waals surface area contributed by atoms with Crippen molar-refractivity contribution in [3.05, 3.63) is 40.7 Å². The minimum absolute atomic E-state index is 0.201. The van der Waals surface area contributed by atoms with Gasteiger partial charge in [-0.2, -0.15) is 5.10 Å². The molecule has 0 saturated carbocycles. The first-order chi connectivity index (χ1) is 13.0. The highest BCUT2D eigenvalue weighted by atomic mass is 16.5. The second-order valence-corrected chi connectivity index (χ2v) is 7.65. The van der Waals surface area contributed by atoms with E-state index in [2.05, 4.69) is 35.3 Å². The van der Waals surface area contributed by atoms with Gasteiger partial charge in [-0.1, -0.05) is 0 Å². The van der Waals surface area contributed by atoms with E-state index < -0.39 is 0 Å². The van der Waals surface area contributed by atoms with Crippen LogP contribution >= 0.6 is 0 Å². The molecule has 0 bridgehead atoms. The average molecular weight is 371 g/mol. The fourth-order valence-electron chi connectivity index (χ4n) is 4.52. The second-order valence-electron chi connectivity index (χ2n) is 7.65. The Morgan fingerprint density at radius 1 is 1.15 bits per heavy atom. The smallest absolute Gasteiger partial charge is 0.161 e. The van der Waals surface area contributed by atoms with Gasteiger partial charge in [0.2, 0.25) is 0 Å². The summed E-state index contributed by atoms with van der Waals surface area (Å²) < 4.78 is 19.3. The van der Waals surface area contributed by atoms with Crippen molar-refractivity contribution in [3.8, 4) is 11.5 Å². The van der Waals surface area contributed by atoms with Crippen molar-refractivity contribution in [2.24, 2.45) is 7.05 Å². The number of benzene rings is 1. The van der Waals surface area contributed by atoms with Gasteiger partial charge in [-0.15, -0.1) is 0 Å². The topological polar surface area (TPSA) is 48.8 Å². The van der Waals surface area contributed by atoms with Gasteiger partial charge in [-0.3, -0.25) is 9.58 Å². The van der Waals surface area contributed by atoms with Crippen LogP contribution in [-0.2, 0) is 30.4 Å². The average Bonchev–Trinajstić information content (AvgIpc) is 3.00. The van der Waals surface area contributed by atoms with E-state index in [0.717, 1.165) is 62.7 Å². The SMILES string of the molecule is COc1cc2c(cc1OC)C1(CCN(Cc3cn(C)nc3C)CC1)OCC2. The lowest BCUT2D eigenvalue weighted by atomic mass is 9.79. The van der Waals surface area contributed by atoms with Crippen LogP contribution in [0.25, 0.3) is 0 Å². The molecule has 2 aromatic rings. The second kappa shape index (κ2) is 7.17. The van der Waals surface area contributed by atoms with Crippen molar-refractivity contribution in [2.45, 2.75) is 38.3 Å². The van der Waals surface area contributed by atoms with E-state index in [0.29, 0.717) is 0 Å². The highest BCUT2D eigenvalue weighted by molar-refractivity contribution is 5.50. The fraction of sp³-hybridized carbons (Fsp3) is 0.571. The van der Waals surface area contributed by atoms with Crippen LogP contribution in [0.4, 0.5) is 0 Å². The number of ether oxygens (including phenoxy) is 3. The summed E-state index contributed by atoms with van der Waals surface area (Å²) in [4.78, 5) is 2.51. The maximum Gasteiger partial charge on any atom is 0.161 e. The number of fused-ring (bicyclic) bond motifs is 2. The number of aromatic nitrogens is 2. The number of hydrogen-bond acceptors (Lipinski definition) is 5. The predicted octanol–water partition coefficient (Wildman–Crippen LogP) is 2.81. The van der Waals surface area contributed by atoms with Crippen LogP contribution in [0.5, 0.6) is 11.5 Å². The van der Waals surface area contributed by atoms with Crippen LogP contribution in [0.1, 0.15) is 35.2 Å². The van der Waals surface area contributed by atoms with E-state index in [4.69, 9.17) is 14.2 Å². The Hall–Kier alpha value is -2.05. The van der Waals surface area contributed by atoms with E-state index in [1.54, 1.807) is 14.2 Å². The molecule has 27 heavy (non-hydrogen) atoms. The van der Waals surface area contributed by atoms with Crippen LogP contribution in [-0.4, -0.2) is 48.6 Å². The molecule has 1 saturated heterocycles. The number of likely N-dealkylation sites (tertiary alicyclic amines) is 1. The van der Waals surface area contributed by atoms with Crippen molar-refractivity contribution in [2.75, 3.05) is 33.9 Å². The highest BCUT2D eigenvalue weighted by Gasteiger charge is 2.41. The number of hydrogen-bond donors (Lipinski definition) is 0. The molecule has 6 nitrogen and oxygen atoms in total. The number of methoxy groups -OCH3 is 2. The van der Waals surface area contributed by atoms with Gasteiger partial charge < -0.3 is 14.2 Å². The molecule has 1 aromatic heterocycles. The molecule has 0 radical (unpaired) electrons. The number of rotatable bonds is 4. The summed E-state index contributed by atoms with van der Waals surface area (Å²) >= 11 is 0. The van der Waals surface area contributed by atoms with Crippen LogP contribution in [0.15, 0.2) is 18.3 Å². The van der Waals surface area contributed by atoms with Crippen LogP contribution in [0, 0.1) is 6.92 Å². The molecule has 0 N–H and O–H groups in total. The third-order valence-corrected chi connectivity index (χ3v) is 6.02. The molecule has 1 aromatic carbocycles. The minimum Gasteiger partial charge on any atom is -0.493 e. The maximum absolute atomic E-state index is 6.39. The summed E-state index contributed by atoms with van der Waals surface area (Å²) in [5.74, 6) is 1.59. The Bertz CT molecular complexity index is 822. The minimum atomic E-state index is -0.201. The lowest BCUT2D eigenvalue weighted by Crippen LogP contribution is -2.46. The van der Waals surface area contributed by atoms with Gasteiger partial charge in [0, 0.05) is 38.4 Å². The lowest BCUT2D eigenvalue weighted by molar-refractivity contribution is -0.0990. The van der Waals surface area contributed by atoms with E-state index in [1.807, 2.05) is 11.7 Å². The zero-order chi connectivity index (χ0) is 19.0. The van der Waals surface area contributed by atoms with Gasteiger partial charge in [0.1, 0.15) is 0 Å². The Kier molecular flexibility index (Phi) is 4.86. The fourth-order valence-corrected chi connectivity index (χ4v) is 4.52. The quantitative estimate of drug-likeness (QED) is 0.827. The molecule has 6 heteroatoms. The maximum atomic E-state index is 6.39. The molecule has 3 heterocycles. The molecule has 0 unspecified atom stereocenters. The van der Waals surface area contributed by atoms with E-state index in [9.17, 15) is 0 Å². The summed E-state index contributed by atoms with van der Waals surface area (Å²) in [6.07, 6.45) is 5.04. The van der Waals surface area contributed by atoms with Crippen molar-refractivity contribution in [1.82, 2.24) is 14.7 Å². The van der Waals surface area contributed by atoms with Gasteiger partial charge >= 0.3 is 0 Å². The summed E-state index contributed by atoms with van der Waals surface area (Å²) in [6.45, 7) is 5.84. The molecule has 0 atom stereocenters. The molecule has 1 spiro atoms. The number of aryl methyl sites for hydroxylation is 2. The lowest BCUT2D eigenvalue weighted by Gasteiger charge is -2.45. The van der Waals surface area contributed by atoms with Crippen molar-refractivity contribution >= 4 is 0 Å². The van der Waals surface area contributed by atoms with Gasteiger partial charge in [-0.05, 0) is 49.4 Å². The third-order valence-electron chi connectivity index (χ3n) is 6.02. The summed E-state index contributed by atoms with van der Waals surface area (Å²) in [6, 6.07) is 4.26. The summed E-state index contributed by atoms with van der Waals surface area (Å²) in [5.41, 5.74) is 4.84. The molecule has 2 aliphatic rings. The Balaban J connectivity index is 1.54. The summed E-state index contributed by atoms with van der Waals surface area (Å²) in [5, 5.41) is 4.46. The van der Waals surface area contributed by atoms with Crippen molar-refractivity contribution < 1.29 is 14.2 Å². The Morgan fingerprint density at radius 3 is 2.48 bits per heavy atom. The van der Waals surface area contributed by atoms with Gasteiger partial charge in [0.05, 0.1) is 32.1 Å². The standard InChI is InChI=1S/C21H29N3O3/c1-15-17(13-23(2)22-15)14-24-8-6-21(7-9-24)18-12-20(26-4)19(25-3)11-16(18)5-10-27-21/h11-13H,5-10,14H2,1-4H3. The van der Waals surface area contributed by atoms with Gasteiger partial charge in [0.15, 0.2) is 11.5 Å². The van der Waals surface area contributed by atoms with Crippen LogP contribution < -0.4 is 9.47 Å². The molecule has 1 fully saturated rings. The molecule has 0 amide bonds. The first kappa shape index (κ1) is 18.3. The van der Waals surface area contributed by atoms with Crippen LogP contribution in [0.2, 0.25) is 0 Å². The Morgan fingerprint density at radius 2 is 1.85 bits per heavy atom. The summed E-state index contributed by atoms with van der Waals surface area (Å²) in [7, 11) is 5.37. The van der Waals surface area contributed by atoms with Crippen LogP contribution in [0.3, 0.4) is 0 Å². The molecule has 0 aliphatic carbocycles. The first-order valence-electron chi connectivity index (χ1n) is 9.65. The predicted molar refractivity (Wildman–Crippen MR) is 103 cm³/mol. The molecular weight excluding hydrogens is 342 g/mol. The normalized spacial score (nSPS) is 19.1. The molecule has 146 valence electrons. The molecule has 2 aliphatic heterocycles. The van der Waals surface area contributed by atoms with E-state index in [-0.39, 0.29) is 5.60 Å². The zero-order valence-corrected chi connectivity index (χ0v) is 16.7. The zero-order valence-electron chi connectivity index (χ0n) is 16.7. The number of nitrogens with zero attached hydrogens (tertiary/aromatic N) is 3. The monoisotopic (exact) mass is 371 g/mol. The highest BCUT2D eigenvalue weighted by Crippen LogP contribution is 2.45. The van der Waals surface area contributed by atoms with Crippen molar-refractivity contribution in [3.63, 3.8) is 0 Å². The van der Waals surface area contributed by atoms with E-state index >= 15 is 0 Å². The van der Waals surface area contributed by atoms with E-state index in [1.165, 1.54) is 16.7 Å². The van der Waals surface area contributed by atoms with Gasteiger partial charge in [0.25, 0.3) is 0 Å².